The normalized spacial score (nSPS) is 17.9. The summed E-state index contributed by atoms with van der Waals surface area (Å²) in [5, 5.41) is 0.742. The molecule has 1 fully saturated rings. The summed E-state index contributed by atoms with van der Waals surface area (Å²) in [6, 6.07) is 18.7. The van der Waals surface area contributed by atoms with Crippen LogP contribution in [0.25, 0.3) is 5.69 Å². The molecule has 25 heavy (non-hydrogen) atoms. The van der Waals surface area contributed by atoms with Gasteiger partial charge in [-0.1, -0.05) is 47.5 Å². The molecule has 2 aromatic carbocycles. The third kappa shape index (κ3) is 3.64. The summed E-state index contributed by atoms with van der Waals surface area (Å²) < 4.78 is 8.10. The number of hydrogen-bond donors (Lipinski definition) is 0. The van der Waals surface area contributed by atoms with Gasteiger partial charge >= 0.3 is 0 Å². The molecule has 1 saturated heterocycles. The standard InChI is InChI=1S/C21H21ClN2O/c1-16-5-7-17(8-6-16)14-24-11-12-25-21(24)18-9-10-23(15-18)20-4-2-3-19(22)13-20/h2-10,13,15,21H,11-12,14H2,1H3/t21-/m0/s1. The van der Waals surface area contributed by atoms with E-state index in [-0.39, 0.29) is 6.23 Å². The summed E-state index contributed by atoms with van der Waals surface area (Å²) in [5.41, 5.74) is 4.83. The van der Waals surface area contributed by atoms with Crippen LogP contribution < -0.4 is 0 Å². The van der Waals surface area contributed by atoms with E-state index in [1.165, 1.54) is 16.7 Å². The van der Waals surface area contributed by atoms with Crippen LogP contribution in [-0.4, -0.2) is 22.6 Å². The molecule has 0 spiro atoms. The molecule has 128 valence electrons. The van der Waals surface area contributed by atoms with Crippen LogP contribution in [0.2, 0.25) is 5.02 Å². The molecule has 0 amide bonds. The van der Waals surface area contributed by atoms with Crippen molar-refractivity contribution in [2.75, 3.05) is 13.2 Å². The largest absolute Gasteiger partial charge is 0.357 e. The fourth-order valence-electron chi connectivity index (χ4n) is 3.26. The number of ether oxygens (including phenoxy) is 1. The maximum Gasteiger partial charge on any atom is 0.138 e. The van der Waals surface area contributed by atoms with E-state index in [2.05, 4.69) is 65.2 Å². The predicted octanol–water partition coefficient (Wildman–Crippen LogP) is 4.97. The molecule has 4 rings (SSSR count). The fraction of sp³-hybridized carbons (Fsp3) is 0.238. The quantitative estimate of drug-likeness (QED) is 0.659. The van der Waals surface area contributed by atoms with Crippen LogP contribution in [0.15, 0.2) is 67.0 Å². The SMILES string of the molecule is Cc1ccc(CN2CCO[C@H]2c2ccn(-c3cccc(Cl)c3)c2)cc1. The Morgan fingerprint density at radius 1 is 1.12 bits per heavy atom. The predicted molar refractivity (Wildman–Crippen MR) is 101 cm³/mol. The molecular formula is C21H21ClN2O. The Kier molecular flexibility index (Phi) is 4.62. The summed E-state index contributed by atoms with van der Waals surface area (Å²) in [4.78, 5) is 2.38. The average molecular weight is 353 g/mol. The highest BCUT2D eigenvalue weighted by molar-refractivity contribution is 6.30. The van der Waals surface area contributed by atoms with Gasteiger partial charge in [-0.2, -0.15) is 0 Å². The molecule has 0 bridgehead atoms. The Hall–Kier alpha value is -2.07. The van der Waals surface area contributed by atoms with Crippen molar-refractivity contribution in [1.29, 1.82) is 0 Å². The zero-order chi connectivity index (χ0) is 17.2. The monoisotopic (exact) mass is 352 g/mol. The van der Waals surface area contributed by atoms with Crippen molar-refractivity contribution in [3.05, 3.63) is 88.7 Å². The Bertz CT molecular complexity index is 856. The first-order valence-electron chi connectivity index (χ1n) is 8.54. The van der Waals surface area contributed by atoms with Gasteiger partial charge in [0.25, 0.3) is 0 Å². The minimum absolute atomic E-state index is 0.00161. The maximum atomic E-state index is 6.11. The maximum absolute atomic E-state index is 6.11. The minimum Gasteiger partial charge on any atom is -0.357 e. The lowest BCUT2D eigenvalue weighted by molar-refractivity contribution is 0.0288. The van der Waals surface area contributed by atoms with Crippen molar-refractivity contribution in [3.8, 4) is 5.69 Å². The van der Waals surface area contributed by atoms with Crippen LogP contribution >= 0.6 is 11.6 Å². The molecule has 2 heterocycles. The third-order valence-corrected chi connectivity index (χ3v) is 4.83. The molecule has 0 radical (unpaired) electrons. The van der Waals surface area contributed by atoms with Gasteiger partial charge in [0.2, 0.25) is 0 Å². The molecule has 1 aromatic heterocycles. The molecule has 3 aromatic rings. The molecule has 0 aliphatic carbocycles. The van der Waals surface area contributed by atoms with Crippen molar-refractivity contribution >= 4 is 11.6 Å². The zero-order valence-corrected chi connectivity index (χ0v) is 15.0. The van der Waals surface area contributed by atoms with Crippen molar-refractivity contribution < 1.29 is 4.74 Å². The van der Waals surface area contributed by atoms with Crippen LogP contribution in [0, 0.1) is 6.92 Å². The van der Waals surface area contributed by atoms with Gasteiger partial charge in [-0.15, -0.1) is 0 Å². The van der Waals surface area contributed by atoms with E-state index in [1.54, 1.807) is 0 Å². The van der Waals surface area contributed by atoms with E-state index in [0.29, 0.717) is 0 Å². The Morgan fingerprint density at radius 3 is 2.76 bits per heavy atom. The Morgan fingerprint density at radius 2 is 1.96 bits per heavy atom. The lowest BCUT2D eigenvalue weighted by Crippen LogP contribution is -2.23. The number of rotatable bonds is 4. The van der Waals surface area contributed by atoms with Crippen molar-refractivity contribution in [2.45, 2.75) is 19.7 Å². The fourth-order valence-corrected chi connectivity index (χ4v) is 3.44. The van der Waals surface area contributed by atoms with E-state index < -0.39 is 0 Å². The first-order valence-corrected chi connectivity index (χ1v) is 8.92. The molecular weight excluding hydrogens is 332 g/mol. The zero-order valence-electron chi connectivity index (χ0n) is 14.2. The molecule has 4 heteroatoms. The molecule has 0 unspecified atom stereocenters. The molecule has 3 nitrogen and oxygen atoms in total. The highest BCUT2D eigenvalue weighted by Gasteiger charge is 2.27. The second-order valence-electron chi connectivity index (χ2n) is 6.51. The second kappa shape index (κ2) is 7.04. The average Bonchev–Trinajstić information content (AvgIpc) is 3.26. The van der Waals surface area contributed by atoms with Gasteiger partial charge in [0.05, 0.1) is 6.61 Å². The van der Waals surface area contributed by atoms with Gasteiger partial charge in [0, 0.05) is 41.8 Å². The van der Waals surface area contributed by atoms with Crippen LogP contribution in [0.1, 0.15) is 22.9 Å². The summed E-state index contributed by atoms with van der Waals surface area (Å²) in [6.45, 7) is 4.72. The van der Waals surface area contributed by atoms with Crippen LogP contribution in [0.5, 0.6) is 0 Å². The number of halogens is 1. The molecule has 0 saturated carbocycles. The second-order valence-corrected chi connectivity index (χ2v) is 6.95. The van der Waals surface area contributed by atoms with Gasteiger partial charge in [0.1, 0.15) is 6.23 Å². The molecule has 1 aliphatic heterocycles. The third-order valence-electron chi connectivity index (χ3n) is 4.60. The van der Waals surface area contributed by atoms with Gasteiger partial charge in [0.15, 0.2) is 0 Å². The van der Waals surface area contributed by atoms with E-state index in [4.69, 9.17) is 16.3 Å². The topological polar surface area (TPSA) is 17.4 Å². The summed E-state index contributed by atoms with van der Waals surface area (Å²) in [5.74, 6) is 0. The molecule has 0 N–H and O–H groups in total. The number of aryl methyl sites for hydroxylation is 1. The number of nitrogens with zero attached hydrogens (tertiary/aromatic N) is 2. The van der Waals surface area contributed by atoms with Gasteiger partial charge in [-0.05, 0) is 36.8 Å². The first-order chi connectivity index (χ1) is 12.2. The summed E-state index contributed by atoms with van der Waals surface area (Å²) in [6.07, 6.45) is 4.19. The molecule has 1 aliphatic rings. The minimum atomic E-state index is 0.00161. The number of aromatic nitrogens is 1. The Balaban J connectivity index is 1.53. The van der Waals surface area contributed by atoms with E-state index in [0.717, 1.165) is 30.4 Å². The first kappa shape index (κ1) is 16.4. The lowest BCUT2D eigenvalue weighted by atomic mass is 10.1. The molecule has 1 atom stereocenters. The van der Waals surface area contributed by atoms with Gasteiger partial charge < -0.3 is 9.30 Å². The van der Waals surface area contributed by atoms with E-state index >= 15 is 0 Å². The van der Waals surface area contributed by atoms with Crippen LogP contribution in [0.3, 0.4) is 0 Å². The lowest BCUT2D eigenvalue weighted by Gasteiger charge is -2.22. The van der Waals surface area contributed by atoms with Crippen LogP contribution in [0.4, 0.5) is 0 Å². The highest BCUT2D eigenvalue weighted by atomic mass is 35.5. The van der Waals surface area contributed by atoms with Gasteiger partial charge in [-0.25, -0.2) is 0 Å². The van der Waals surface area contributed by atoms with Crippen molar-refractivity contribution in [3.63, 3.8) is 0 Å². The smallest absolute Gasteiger partial charge is 0.138 e. The van der Waals surface area contributed by atoms with Crippen molar-refractivity contribution in [2.24, 2.45) is 0 Å². The number of hydrogen-bond acceptors (Lipinski definition) is 2. The number of benzene rings is 2. The summed E-state index contributed by atoms with van der Waals surface area (Å²) in [7, 11) is 0. The van der Waals surface area contributed by atoms with E-state index in [9.17, 15) is 0 Å². The van der Waals surface area contributed by atoms with E-state index in [1.807, 2.05) is 18.2 Å². The van der Waals surface area contributed by atoms with Crippen molar-refractivity contribution in [1.82, 2.24) is 9.47 Å². The summed E-state index contributed by atoms with van der Waals surface area (Å²) >= 11 is 6.11. The highest BCUT2D eigenvalue weighted by Crippen LogP contribution is 2.29. The Labute approximate surface area is 153 Å². The van der Waals surface area contributed by atoms with Crippen LogP contribution in [-0.2, 0) is 11.3 Å². The van der Waals surface area contributed by atoms with Gasteiger partial charge in [-0.3, -0.25) is 4.90 Å².